The summed E-state index contributed by atoms with van der Waals surface area (Å²) in [7, 11) is -4.64. The van der Waals surface area contributed by atoms with Gasteiger partial charge < -0.3 is 45.3 Å². The number of rotatable bonds is 6. The predicted molar refractivity (Wildman–Crippen MR) is 57.5 cm³/mol. The number of ketones is 1. The molecule has 0 rings (SSSR count). The normalized spacial score (nSPS) is 17.7. The van der Waals surface area contributed by atoms with Gasteiger partial charge in [-0.25, -0.2) is 4.57 Å². The number of carbonyl (C=O) groups excluding carboxylic acids is 1. The first kappa shape index (κ1) is 20.8. The zero-order valence-electron chi connectivity index (χ0n) is 9.51. The van der Waals surface area contributed by atoms with Gasteiger partial charge in [0.25, 0.3) is 0 Å². The van der Waals surface area contributed by atoms with Crippen LogP contribution in [0.4, 0.5) is 0 Å². The number of aliphatic hydroxyl groups is 6. The van der Waals surface area contributed by atoms with E-state index in [2.05, 4.69) is 0 Å². The smallest absolute Gasteiger partial charge is 0.394 e. The van der Waals surface area contributed by atoms with E-state index in [0.29, 0.717) is 0 Å². The van der Waals surface area contributed by atoms with Crippen LogP contribution in [-0.2, 0) is 9.36 Å². The Kier molecular flexibility index (Phi) is 10.4. The van der Waals surface area contributed by atoms with E-state index in [0.717, 1.165) is 0 Å². The molecule has 0 aromatic heterocycles. The van der Waals surface area contributed by atoms with Crippen LogP contribution in [0.5, 0.6) is 0 Å². The number of hydrogen-bond donors (Lipinski definition) is 9. The van der Waals surface area contributed by atoms with Crippen LogP contribution < -0.4 is 0 Å². The fraction of sp³-hybridized carbons (Fsp3) is 0.857. The van der Waals surface area contributed by atoms with Crippen molar-refractivity contribution < 1.29 is 54.7 Å². The second-order valence-electron chi connectivity index (χ2n) is 3.31. The molecule has 0 fully saturated rings. The van der Waals surface area contributed by atoms with Crippen LogP contribution in [0.15, 0.2) is 0 Å². The van der Waals surface area contributed by atoms with Gasteiger partial charge in [-0.15, -0.1) is 0 Å². The summed E-state index contributed by atoms with van der Waals surface area (Å²) in [6, 6.07) is 0. The average Bonchev–Trinajstić information content (AvgIpc) is 2.31. The standard InChI is InChI=1S/C7H14O7.H3O4P/c8-1-3(10)5(12)7(14)6(13)4(11)2-9;1-5(2,3)4/h3,5-10,12-14H,1-2H2;(H3,1,2,3,4). The largest absolute Gasteiger partial charge is 0.466 e. The maximum Gasteiger partial charge on any atom is 0.466 e. The first-order chi connectivity index (χ1) is 8.45. The summed E-state index contributed by atoms with van der Waals surface area (Å²) in [6.07, 6.45) is -7.45. The summed E-state index contributed by atoms with van der Waals surface area (Å²) in [6.45, 7) is -1.81. The van der Waals surface area contributed by atoms with E-state index in [1.165, 1.54) is 0 Å². The molecule has 19 heavy (non-hydrogen) atoms. The lowest BCUT2D eigenvalue weighted by atomic mass is 10.0. The number of phosphoric acid groups is 1. The highest BCUT2D eigenvalue weighted by Crippen LogP contribution is 2.25. The molecular weight excluding hydrogens is 291 g/mol. The van der Waals surface area contributed by atoms with E-state index in [-0.39, 0.29) is 0 Å². The summed E-state index contributed by atoms with van der Waals surface area (Å²) < 4.78 is 8.88. The second kappa shape index (κ2) is 9.44. The van der Waals surface area contributed by atoms with E-state index in [4.69, 9.17) is 49.9 Å². The van der Waals surface area contributed by atoms with E-state index >= 15 is 0 Å². The van der Waals surface area contributed by atoms with Crippen LogP contribution >= 0.6 is 7.82 Å². The monoisotopic (exact) mass is 308 g/mol. The molecule has 0 spiro atoms. The molecule has 0 saturated heterocycles. The van der Waals surface area contributed by atoms with Crippen molar-refractivity contribution in [3.05, 3.63) is 0 Å². The Hall–Kier alpha value is -0.460. The van der Waals surface area contributed by atoms with Crippen molar-refractivity contribution in [2.24, 2.45) is 0 Å². The molecule has 12 heteroatoms. The van der Waals surface area contributed by atoms with Crippen LogP contribution in [0, 0.1) is 0 Å². The molecule has 4 atom stereocenters. The van der Waals surface area contributed by atoms with E-state index in [1.54, 1.807) is 0 Å². The molecule has 9 N–H and O–H groups in total. The van der Waals surface area contributed by atoms with E-state index in [1.807, 2.05) is 0 Å². The lowest BCUT2D eigenvalue weighted by molar-refractivity contribution is -0.149. The zero-order chi connectivity index (χ0) is 15.8. The Morgan fingerprint density at radius 1 is 0.947 bits per heavy atom. The minimum atomic E-state index is -4.64. The molecule has 0 bridgehead atoms. The van der Waals surface area contributed by atoms with Crippen molar-refractivity contribution in [3.8, 4) is 0 Å². The molecule has 0 aromatic carbocycles. The molecule has 11 nitrogen and oxygen atoms in total. The topological polar surface area (TPSA) is 216 Å². The molecule has 0 aliphatic heterocycles. The summed E-state index contributed by atoms with van der Waals surface area (Å²) in [4.78, 5) is 32.2. The number of carbonyl (C=O) groups is 1. The van der Waals surface area contributed by atoms with Crippen LogP contribution in [-0.4, -0.2) is 88.7 Å². The van der Waals surface area contributed by atoms with Gasteiger partial charge in [0, 0.05) is 0 Å². The molecule has 0 radical (unpaired) electrons. The van der Waals surface area contributed by atoms with E-state index < -0.39 is 51.2 Å². The summed E-state index contributed by atoms with van der Waals surface area (Å²) >= 11 is 0. The SMILES string of the molecule is O=C(CO)C(O)C(O)C(O)C(O)CO.O=P(O)(O)O. The van der Waals surface area contributed by atoms with Crippen LogP contribution in [0.2, 0.25) is 0 Å². The van der Waals surface area contributed by atoms with Crippen molar-refractivity contribution in [3.63, 3.8) is 0 Å². The molecule has 116 valence electrons. The zero-order valence-corrected chi connectivity index (χ0v) is 10.4. The molecule has 4 unspecified atom stereocenters. The fourth-order valence-electron chi connectivity index (χ4n) is 0.806. The Labute approximate surface area is 107 Å². The van der Waals surface area contributed by atoms with Gasteiger partial charge in [0.05, 0.1) is 6.61 Å². The quantitative estimate of drug-likeness (QED) is 0.212. The van der Waals surface area contributed by atoms with Crippen molar-refractivity contribution in [2.45, 2.75) is 24.4 Å². The van der Waals surface area contributed by atoms with Crippen LogP contribution in [0.25, 0.3) is 0 Å². The van der Waals surface area contributed by atoms with Crippen molar-refractivity contribution in [1.29, 1.82) is 0 Å². The summed E-state index contributed by atoms with van der Waals surface area (Å²) in [5.74, 6) is -1.08. The van der Waals surface area contributed by atoms with Gasteiger partial charge in [0.2, 0.25) is 0 Å². The number of Topliss-reactive ketones (excluding diaryl/α,β-unsaturated/α-hetero) is 1. The van der Waals surface area contributed by atoms with Gasteiger partial charge in [-0.1, -0.05) is 0 Å². The molecule has 0 aliphatic rings. The fourth-order valence-corrected chi connectivity index (χ4v) is 0.806. The maximum absolute atomic E-state index is 10.7. The lowest BCUT2D eigenvalue weighted by Gasteiger charge is -2.24. The number of aliphatic hydroxyl groups excluding tert-OH is 6. The Morgan fingerprint density at radius 3 is 1.58 bits per heavy atom. The summed E-state index contributed by atoms with van der Waals surface area (Å²) in [5.41, 5.74) is 0. The van der Waals surface area contributed by atoms with Gasteiger partial charge in [-0.3, -0.25) is 4.79 Å². The second-order valence-corrected chi connectivity index (χ2v) is 4.34. The Morgan fingerprint density at radius 2 is 1.32 bits per heavy atom. The third kappa shape index (κ3) is 11.1. The van der Waals surface area contributed by atoms with Gasteiger partial charge in [-0.2, -0.15) is 0 Å². The van der Waals surface area contributed by atoms with Crippen molar-refractivity contribution in [2.75, 3.05) is 13.2 Å². The van der Waals surface area contributed by atoms with Crippen LogP contribution in [0.3, 0.4) is 0 Å². The molecule has 0 aromatic rings. The highest BCUT2D eigenvalue weighted by Gasteiger charge is 2.33. The Balaban J connectivity index is 0. The van der Waals surface area contributed by atoms with Gasteiger partial charge in [0.1, 0.15) is 31.0 Å². The van der Waals surface area contributed by atoms with Crippen molar-refractivity contribution in [1.82, 2.24) is 0 Å². The van der Waals surface area contributed by atoms with Crippen LogP contribution in [0.1, 0.15) is 0 Å². The highest BCUT2D eigenvalue weighted by molar-refractivity contribution is 7.45. The third-order valence-corrected chi connectivity index (χ3v) is 1.74. The van der Waals surface area contributed by atoms with Crippen molar-refractivity contribution >= 4 is 13.6 Å². The molecule has 0 aliphatic carbocycles. The third-order valence-electron chi connectivity index (χ3n) is 1.74. The van der Waals surface area contributed by atoms with E-state index in [9.17, 15) is 4.79 Å². The Bertz CT molecular complexity index is 293. The summed E-state index contributed by atoms with van der Waals surface area (Å²) in [5, 5.41) is 52.7. The van der Waals surface area contributed by atoms with Gasteiger partial charge >= 0.3 is 7.82 Å². The van der Waals surface area contributed by atoms with Gasteiger partial charge in [0.15, 0.2) is 5.78 Å². The predicted octanol–water partition coefficient (Wildman–Crippen LogP) is -4.94. The molecule has 0 amide bonds. The highest BCUT2D eigenvalue weighted by atomic mass is 31.2. The molecule has 0 heterocycles. The van der Waals surface area contributed by atoms with Gasteiger partial charge in [-0.05, 0) is 0 Å². The minimum Gasteiger partial charge on any atom is -0.394 e. The maximum atomic E-state index is 10.7. The molecular formula is C7H17O11P. The first-order valence-electron chi connectivity index (χ1n) is 4.70. The minimum absolute atomic E-state index is 0.821. The first-order valence-corrected chi connectivity index (χ1v) is 6.27. The number of hydrogen-bond acceptors (Lipinski definition) is 8. The molecule has 0 saturated carbocycles. The average molecular weight is 308 g/mol. The lowest BCUT2D eigenvalue weighted by Crippen LogP contribution is -2.49.